The fraction of sp³-hybridized carbons (Fsp3) is 1.00. The maximum atomic E-state index is 9.46. The summed E-state index contributed by atoms with van der Waals surface area (Å²) >= 11 is 0. The van der Waals surface area contributed by atoms with Gasteiger partial charge in [0.15, 0.2) is 0 Å². The maximum absolute atomic E-state index is 9.46. The first-order chi connectivity index (χ1) is 6.16. The van der Waals surface area contributed by atoms with Crippen LogP contribution in [0.3, 0.4) is 0 Å². The minimum Gasteiger partial charge on any atom is -0.392 e. The molecule has 1 aliphatic heterocycles. The zero-order chi connectivity index (χ0) is 10.4. The molecule has 3 atom stereocenters. The first kappa shape index (κ1) is 16.3. The summed E-state index contributed by atoms with van der Waals surface area (Å²) < 4.78 is 0. The van der Waals surface area contributed by atoms with Gasteiger partial charge in [0.2, 0.25) is 0 Å². The Morgan fingerprint density at radius 1 is 1.43 bits per heavy atom. The van der Waals surface area contributed by atoms with E-state index in [1.807, 2.05) is 20.8 Å². The predicted octanol–water partition coefficient (Wildman–Crippen LogP) is 1.48. The van der Waals surface area contributed by atoms with Crippen LogP contribution in [0.5, 0.6) is 0 Å². The fourth-order valence-corrected chi connectivity index (χ4v) is 1.86. The minimum absolute atomic E-state index is 0. The molecule has 2 N–H and O–H groups in total. The molecule has 0 aliphatic carbocycles. The molecule has 1 aliphatic rings. The molecule has 3 nitrogen and oxygen atoms in total. The van der Waals surface area contributed by atoms with Gasteiger partial charge in [0.05, 0.1) is 18.2 Å². The fourth-order valence-electron chi connectivity index (χ4n) is 1.86. The molecule has 0 aromatic rings. The van der Waals surface area contributed by atoms with Crippen molar-refractivity contribution in [2.24, 2.45) is 0 Å². The van der Waals surface area contributed by atoms with Crippen LogP contribution in [-0.4, -0.2) is 46.5 Å². The Kier molecular flexibility index (Phi) is 9.57. The Morgan fingerprint density at radius 2 is 1.93 bits per heavy atom. The van der Waals surface area contributed by atoms with Crippen LogP contribution in [0.15, 0.2) is 0 Å². The van der Waals surface area contributed by atoms with Gasteiger partial charge in [-0.3, -0.25) is 4.90 Å². The van der Waals surface area contributed by atoms with Crippen LogP contribution in [0.25, 0.3) is 0 Å². The standard InChI is InChI=1S/C8H17NO2.C2H6.CH4/c1-3-9-5-4-7(11)8(9)6(2)10;1-2;/h6-8,10-11H,3-5H2,1-2H3;1-2H3;1H4/t6-,7-,8+;;/m0../s1. The van der Waals surface area contributed by atoms with Gasteiger partial charge in [-0.25, -0.2) is 0 Å². The van der Waals surface area contributed by atoms with Crippen LogP contribution in [0, 0.1) is 0 Å². The van der Waals surface area contributed by atoms with Gasteiger partial charge >= 0.3 is 0 Å². The number of aliphatic hydroxyl groups excluding tert-OH is 2. The van der Waals surface area contributed by atoms with E-state index in [0.29, 0.717) is 0 Å². The lowest BCUT2D eigenvalue weighted by molar-refractivity contribution is 0.0263. The van der Waals surface area contributed by atoms with Crippen molar-refractivity contribution >= 4 is 0 Å². The second kappa shape index (κ2) is 8.21. The van der Waals surface area contributed by atoms with Crippen LogP contribution >= 0.6 is 0 Å². The Bertz CT molecular complexity index is 128. The lowest BCUT2D eigenvalue weighted by Crippen LogP contribution is -2.43. The van der Waals surface area contributed by atoms with E-state index >= 15 is 0 Å². The van der Waals surface area contributed by atoms with E-state index in [4.69, 9.17) is 0 Å². The molecular weight excluding hydrogens is 178 g/mol. The van der Waals surface area contributed by atoms with E-state index in [2.05, 4.69) is 4.90 Å². The van der Waals surface area contributed by atoms with Crippen molar-refractivity contribution in [2.75, 3.05) is 13.1 Å². The summed E-state index contributed by atoms with van der Waals surface area (Å²) in [5.41, 5.74) is 0. The third-order valence-electron chi connectivity index (χ3n) is 2.43. The Morgan fingerprint density at radius 3 is 2.21 bits per heavy atom. The highest BCUT2D eigenvalue weighted by Gasteiger charge is 2.34. The smallest absolute Gasteiger partial charge is 0.0732 e. The topological polar surface area (TPSA) is 43.7 Å². The molecule has 0 saturated carbocycles. The van der Waals surface area contributed by atoms with Crippen molar-refractivity contribution in [3.63, 3.8) is 0 Å². The van der Waals surface area contributed by atoms with Crippen molar-refractivity contribution in [1.29, 1.82) is 0 Å². The largest absolute Gasteiger partial charge is 0.392 e. The average molecular weight is 205 g/mol. The van der Waals surface area contributed by atoms with Gasteiger partial charge in [-0.1, -0.05) is 28.2 Å². The minimum atomic E-state index is -0.424. The van der Waals surface area contributed by atoms with E-state index < -0.39 is 6.10 Å². The molecule has 3 heteroatoms. The summed E-state index contributed by atoms with van der Waals surface area (Å²) in [5.74, 6) is 0. The molecule has 0 amide bonds. The number of hydrogen-bond donors (Lipinski definition) is 2. The van der Waals surface area contributed by atoms with Gasteiger partial charge in [0, 0.05) is 6.54 Å². The Hall–Kier alpha value is -0.120. The van der Waals surface area contributed by atoms with Gasteiger partial charge in [-0.05, 0) is 19.9 Å². The summed E-state index contributed by atoms with van der Waals surface area (Å²) in [6, 6.07) is -0.0417. The number of likely N-dealkylation sites (N-methyl/N-ethyl adjacent to an activating group) is 1. The van der Waals surface area contributed by atoms with Crippen molar-refractivity contribution in [2.45, 2.75) is 59.8 Å². The highest BCUT2D eigenvalue weighted by molar-refractivity contribution is 4.89. The number of hydrogen-bond acceptors (Lipinski definition) is 3. The zero-order valence-corrected chi connectivity index (χ0v) is 9.20. The summed E-state index contributed by atoms with van der Waals surface area (Å²) in [6.07, 6.45) is 0.0334. The first-order valence-corrected chi connectivity index (χ1v) is 5.27. The summed E-state index contributed by atoms with van der Waals surface area (Å²) in [7, 11) is 0. The normalized spacial score (nSPS) is 28.7. The lowest BCUT2D eigenvalue weighted by Gasteiger charge is -2.26. The third kappa shape index (κ3) is 3.95. The molecule has 1 saturated heterocycles. The van der Waals surface area contributed by atoms with Gasteiger partial charge in [-0.15, -0.1) is 0 Å². The molecule has 1 rings (SSSR count). The van der Waals surface area contributed by atoms with Crippen LogP contribution in [0.2, 0.25) is 0 Å². The molecular formula is C11H27NO2. The van der Waals surface area contributed by atoms with E-state index in [-0.39, 0.29) is 19.6 Å². The molecule has 0 bridgehead atoms. The number of aliphatic hydroxyl groups is 2. The van der Waals surface area contributed by atoms with Crippen LogP contribution in [0.4, 0.5) is 0 Å². The SMILES string of the molecule is C.CC.CCN1CC[C@H](O)[C@H]1[C@H](C)O. The summed E-state index contributed by atoms with van der Waals surface area (Å²) in [6.45, 7) is 9.61. The first-order valence-electron chi connectivity index (χ1n) is 5.27. The number of nitrogens with zero attached hydrogens (tertiary/aromatic N) is 1. The quantitative estimate of drug-likeness (QED) is 0.718. The molecule has 0 aromatic carbocycles. The van der Waals surface area contributed by atoms with Crippen molar-refractivity contribution in [3.8, 4) is 0 Å². The van der Waals surface area contributed by atoms with Crippen molar-refractivity contribution in [1.82, 2.24) is 4.90 Å². The second-order valence-electron chi connectivity index (χ2n) is 3.22. The molecule has 1 heterocycles. The zero-order valence-electron chi connectivity index (χ0n) is 9.20. The maximum Gasteiger partial charge on any atom is 0.0732 e. The average Bonchev–Trinajstić information content (AvgIpc) is 2.50. The lowest BCUT2D eigenvalue weighted by atomic mass is 10.1. The highest BCUT2D eigenvalue weighted by Crippen LogP contribution is 2.19. The highest BCUT2D eigenvalue weighted by atomic mass is 16.3. The van der Waals surface area contributed by atoms with Crippen molar-refractivity contribution in [3.05, 3.63) is 0 Å². The van der Waals surface area contributed by atoms with E-state index in [9.17, 15) is 10.2 Å². The number of rotatable bonds is 2. The van der Waals surface area contributed by atoms with Crippen LogP contribution < -0.4 is 0 Å². The summed E-state index contributed by atoms with van der Waals surface area (Å²) in [4.78, 5) is 2.12. The number of likely N-dealkylation sites (tertiary alicyclic amines) is 1. The Balaban J connectivity index is 0. The Labute approximate surface area is 88.7 Å². The summed E-state index contributed by atoms with van der Waals surface area (Å²) in [5, 5.41) is 18.8. The molecule has 14 heavy (non-hydrogen) atoms. The van der Waals surface area contributed by atoms with Gasteiger partial charge in [0.1, 0.15) is 0 Å². The predicted molar refractivity (Wildman–Crippen MR) is 61.4 cm³/mol. The molecule has 0 aromatic heterocycles. The van der Waals surface area contributed by atoms with Crippen molar-refractivity contribution < 1.29 is 10.2 Å². The van der Waals surface area contributed by atoms with Crippen LogP contribution in [-0.2, 0) is 0 Å². The van der Waals surface area contributed by atoms with E-state index in [1.54, 1.807) is 6.92 Å². The third-order valence-corrected chi connectivity index (χ3v) is 2.43. The van der Waals surface area contributed by atoms with E-state index in [1.165, 1.54) is 0 Å². The van der Waals surface area contributed by atoms with Gasteiger partial charge in [0.25, 0.3) is 0 Å². The van der Waals surface area contributed by atoms with Gasteiger partial charge < -0.3 is 10.2 Å². The van der Waals surface area contributed by atoms with E-state index in [0.717, 1.165) is 19.5 Å². The second-order valence-corrected chi connectivity index (χ2v) is 3.22. The molecule has 88 valence electrons. The van der Waals surface area contributed by atoms with Crippen LogP contribution in [0.1, 0.15) is 41.5 Å². The molecule has 1 fully saturated rings. The molecule has 0 radical (unpaired) electrons. The molecule has 0 spiro atoms. The monoisotopic (exact) mass is 205 g/mol. The molecule has 0 unspecified atom stereocenters. The van der Waals surface area contributed by atoms with Gasteiger partial charge in [-0.2, -0.15) is 0 Å².